The summed E-state index contributed by atoms with van der Waals surface area (Å²) in [4.78, 5) is 1.11. The summed E-state index contributed by atoms with van der Waals surface area (Å²) in [6.45, 7) is 4.99. The van der Waals surface area contributed by atoms with Crippen molar-refractivity contribution in [2.75, 3.05) is 6.54 Å². The fraction of sp³-hybridized carbons (Fsp3) is 0.667. The SMILES string of the molecule is CCc1ccc(S(=O)(=O)NC2CCNC(C)C2)s1. The van der Waals surface area contributed by atoms with Gasteiger partial charge in [-0.25, -0.2) is 13.1 Å². The van der Waals surface area contributed by atoms with Gasteiger partial charge in [0.15, 0.2) is 0 Å². The van der Waals surface area contributed by atoms with Gasteiger partial charge in [0, 0.05) is 17.0 Å². The van der Waals surface area contributed by atoms with Gasteiger partial charge < -0.3 is 5.32 Å². The van der Waals surface area contributed by atoms with Gasteiger partial charge in [-0.2, -0.15) is 0 Å². The number of hydrogen-bond acceptors (Lipinski definition) is 4. The van der Waals surface area contributed by atoms with E-state index in [1.165, 1.54) is 11.3 Å². The summed E-state index contributed by atoms with van der Waals surface area (Å²) in [5.74, 6) is 0. The van der Waals surface area contributed by atoms with Crippen molar-refractivity contribution in [2.45, 2.75) is 49.4 Å². The van der Waals surface area contributed by atoms with E-state index in [4.69, 9.17) is 0 Å². The summed E-state index contributed by atoms with van der Waals surface area (Å²) < 4.78 is 27.7. The third kappa shape index (κ3) is 3.32. The Morgan fingerprint density at radius 1 is 1.50 bits per heavy atom. The Kier molecular flexibility index (Phi) is 4.42. The molecule has 2 N–H and O–H groups in total. The topological polar surface area (TPSA) is 58.2 Å². The molecule has 1 aliphatic heterocycles. The van der Waals surface area contributed by atoms with E-state index in [1.807, 2.05) is 13.0 Å². The maximum Gasteiger partial charge on any atom is 0.250 e. The molecule has 2 atom stereocenters. The third-order valence-corrected chi connectivity index (χ3v) is 6.44. The summed E-state index contributed by atoms with van der Waals surface area (Å²) in [6, 6.07) is 4.03. The number of sulfonamides is 1. The molecule has 1 aromatic heterocycles. The number of nitrogens with one attached hydrogen (secondary N) is 2. The van der Waals surface area contributed by atoms with E-state index in [2.05, 4.69) is 17.0 Å². The molecule has 6 heteroatoms. The van der Waals surface area contributed by atoms with Gasteiger partial charge in [0.1, 0.15) is 4.21 Å². The lowest BCUT2D eigenvalue weighted by Gasteiger charge is -2.28. The van der Waals surface area contributed by atoms with Gasteiger partial charge in [0.2, 0.25) is 10.0 Å². The molecule has 2 heterocycles. The van der Waals surface area contributed by atoms with Crippen molar-refractivity contribution >= 4 is 21.4 Å². The molecule has 1 saturated heterocycles. The molecule has 102 valence electrons. The molecule has 0 spiro atoms. The van der Waals surface area contributed by atoms with Crippen LogP contribution < -0.4 is 10.0 Å². The van der Waals surface area contributed by atoms with Gasteiger partial charge in [-0.05, 0) is 44.9 Å². The second-order valence-electron chi connectivity index (χ2n) is 4.77. The molecule has 4 nitrogen and oxygen atoms in total. The van der Waals surface area contributed by atoms with Gasteiger partial charge in [0.05, 0.1) is 0 Å². The molecular formula is C12H20N2O2S2. The summed E-state index contributed by atoms with van der Waals surface area (Å²) in [7, 11) is -3.33. The smallest absolute Gasteiger partial charge is 0.250 e. The van der Waals surface area contributed by atoms with Crippen LogP contribution in [0.2, 0.25) is 0 Å². The molecule has 18 heavy (non-hydrogen) atoms. The first-order chi connectivity index (χ1) is 8.51. The average molecular weight is 288 g/mol. The Morgan fingerprint density at radius 3 is 2.89 bits per heavy atom. The summed E-state index contributed by atoms with van der Waals surface area (Å²) in [5, 5.41) is 3.32. The molecule has 0 amide bonds. The van der Waals surface area contributed by atoms with Crippen molar-refractivity contribution in [3.8, 4) is 0 Å². The highest BCUT2D eigenvalue weighted by atomic mass is 32.2. The van der Waals surface area contributed by atoms with Crippen molar-refractivity contribution < 1.29 is 8.42 Å². The Morgan fingerprint density at radius 2 is 2.28 bits per heavy atom. The minimum atomic E-state index is -3.33. The molecule has 0 saturated carbocycles. The monoisotopic (exact) mass is 288 g/mol. The summed E-state index contributed by atoms with van der Waals surface area (Å²) >= 11 is 1.36. The normalized spacial score (nSPS) is 25.2. The number of rotatable bonds is 4. The van der Waals surface area contributed by atoms with E-state index in [1.54, 1.807) is 6.07 Å². The van der Waals surface area contributed by atoms with Crippen LogP contribution in [0, 0.1) is 0 Å². The Hall–Kier alpha value is -0.430. The standard InChI is InChI=1S/C12H20N2O2S2/c1-3-11-4-5-12(17-11)18(15,16)14-10-6-7-13-9(2)8-10/h4-5,9-10,13-14H,3,6-8H2,1-2H3. The highest BCUT2D eigenvalue weighted by molar-refractivity contribution is 7.91. The zero-order valence-electron chi connectivity index (χ0n) is 10.8. The lowest BCUT2D eigenvalue weighted by Crippen LogP contribution is -2.46. The van der Waals surface area contributed by atoms with E-state index in [0.717, 1.165) is 30.7 Å². The minimum absolute atomic E-state index is 0.0541. The highest BCUT2D eigenvalue weighted by Gasteiger charge is 2.25. The first-order valence-electron chi connectivity index (χ1n) is 6.35. The number of piperidine rings is 1. The van der Waals surface area contributed by atoms with Crippen LogP contribution in [-0.2, 0) is 16.4 Å². The van der Waals surface area contributed by atoms with E-state index in [0.29, 0.717) is 10.3 Å². The fourth-order valence-electron chi connectivity index (χ4n) is 2.21. The second kappa shape index (κ2) is 5.69. The Bertz CT molecular complexity index is 496. The second-order valence-corrected chi connectivity index (χ2v) is 7.88. The van der Waals surface area contributed by atoms with Crippen molar-refractivity contribution in [1.29, 1.82) is 0 Å². The third-order valence-electron chi connectivity index (χ3n) is 3.20. The van der Waals surface area contributed by atoms with Crippen molar-refractivity contribution in [1.82, 2.24) is 10.0 Å². The zero-order valence-corrected chi connectivity index (χ0v) is 12.4. The molecule has 2 unspecified atom stereocenters. The predicted molar refractivity (Wildman–Crippen MR) is 74.5 cm³/mol. The Labute approximate surface area is 113 Å². The Balaban J connectivity index is 2.06. The van der Waals surface area contributed by atoms with Gasteiger partial charge in [0.25, 0.3) is 0 Å². The van der Waals surface area contributed by atoms with E-state index in [-0.39, 0.29) is 6.04 Å². The quantitative estimate of drug-likeness (QED) is 0.887. The molecule has 0 aromatic carbocycles. The van der Waals surface area contributed by atoms with Crippen LogP contribution in [-0.4, -0.2) is 27.0 Å². The summed E-state index contributed by atoms with van der Waals surface area (Å²) in [6.07, 6.45) is 2.59. The lowest BCUT2D eigenvalue weighted by atomic mass is 10.0. The van der Waals surface area contributed by atoms with Gasteiger partial charge in [-0.3, -0.25) is 0 Å². The van der Waals surface area contributed by atoms with Gasteiger partial charge >= 0.3 is 0 Å². The van der Waals surface area contributed by atoms with Crippen LogP contribution in [0.1, 0.15) is 31.6 Å². The molecule has 0 bridgehead atoms. The number of thiophene rings is 1. The first-order valence-corrected chi connectivity index (χ1v) is 8.65. The van der Waals surface area contributed by atoms with Gasteiger partial charge in [-0.1, -0.05) is 6.92 Å². The number of aryl methyl sites for hydroxylation is 1. The molecular weight excluding hydrogens is 268 g/mol. The van der Waals surface area contributed by atoms with Crippen molar-refractivity contribution in [3.63, 3.8) is 0 Å². The molecule has 1 fully saturated rings. The van der Waals surface area contributed by atoms with E-state index < -0.39 is 10.0 Å². The van der Waals surface area contributed by atoms with Crippen LogP contribution in [0.3, 0.4) is 0 Å². The van der Waals surface area contributed by atoms with Crippen LogP contribution >= 0.6 is 11.3 Å². The van der Waals surface area contributed by atoms with Crippen LogP contribution in [0.4, 0.5) is 0 Å². The average Bonchev–Trinajstić information content (AvgIpc) is 2.77. The molecule has 2 rings (SSSR count). The highest BCUT2D eigenvalue weighted by Crippen LogP contribution is 2.23. The van der Waals surface area contributed by atoms with E-state index in [9.17, 15) is 8.42 Å². The first kappa shape index (κ1) is 14.0. The van der Waals surface area contributed by atoms with Crippen molar-refractivity contribution in [3.05, 3.63) is 17.0 Å². The lowest BCUT2D eigenvalue weighted by molar-refractivity contribution is 0.361. The number of hydrogen-bond donors (Lipinski definition) is 2. The van der Waals surface area contributed by atoms with E-state index >= 15 is 0 Å². The minimum Gasteiger partial charge on any atom is -0.314 e. The summed E-state index contributed by atoms with van der Waals surface area (Å²) in [5.41, 5.74) is 0. The molecule has 1 aliphatic rings. The van der Waals surface area contributed by atoms with Crippen LogP contribution in [0.25, 0.3) is 0 Å². The molecule has 1 aromatic rings. The fourth-order valence-corrected chi connectivity index (χ4v) is 4.80. The zero-order chi connectivity index (χ0) is 13.2. The largest absolute Gasteiger partial charge is 0.314 e. The predicted octanol–water partition coefficient (Wildman–Crippen LogP) is 1.73. The van der Waals surface area contributed by atoms with Crippen LogP contribution in [0.5, 0.6) is 0 Å². The maximum atomic E-state index is 12.2. The van der Waals surface area contributed by atoms with Crippen LogP contribution in [0.15, 0.2) is 16.3 Å². The van der Waals surface area contributed by atoms with Crippen molar-refractivity contribution in [2.24, 2.45) is 0 Å². The maximum absolute atomic E-state index is 12.2. The molecule has 0 aliphatic carbocycles. The molecule has 0 radical (unpaired) electrons. The van der Waals surface area contributed by atoms with Gasteiger partial charge in [-0.15, -0.1) is 11.3 Å².